The Morgan fingerprint density at radius 1 is 1.38 bits per heavy atom. The van der Waals surface area contributed by atoms with Crippen molar-refractivity contribution in [1.29, 1.82) is 0 Å². The Morgan fingerprint density at radius 3 is 2.67 bits per heavy atom. The molecule has 0 aromatic carbocycles. The standard InChI is InChI=1S/C13H18F3N5O3/c1-8(2)21-6-9(18-19-21)5-10-11(22)20(12(23)17-10)3-4-24-7-13(14,15)16/h6,8,10H,3-5,7H2,1-2H3,(H,17,23)/t10-/m1/s1. The molecular formula is C13H18F3N5O3. The molecule has 1 fully saturated rings. The van der Waals surface area contributed by atoms with Gasteiger partial charge >= 0.3 is 12.2 Å². The number of carbonyl (C=O) groups is 2. The minimum absolute atomic E-state index is 0.113. The van der Waals surface area contributed by atoms with Gasteiger partial charge in [-0.25, -0.2) is 9.48 Å². The van der Waals surface area contributed by atoms with Gasteiger partial charge in [-0.05, 0) is 13.8 Å². The van der Waals surface area contributed by atoms with E-state index in [-0.39, 0.29) is 25.6 Å². The number of carbonyl (C=O) groups excluding carboxylic acids is 2. The number of nitrogens with one attached hydrogen (secondary N) is 1. The first-order valence-electron chi connectivity index (χ1n) is 7.34. The van der Waals surface area contributed by atoms with Gasteiger partial charge in [0.1, 0.15) is 12.6 Å². The average Bonchev–Trinajstić information content (AvgIpc) is 3.02. The number of halogens is 3. The number of rotatable bonds is 7. The number of hydrogen-bond acceptors (Lipinski definition) is 5. The summed E-state index contributed by atoms with van der Waals surface area (Å²) in [6.45, 7) is 1.80. The van der Waals surface area contributed by atoms with Crippen LogP contribution in [0.3, 0.4) is 0 Å². The molecule has 0 radical (unpaired) electrons. The molecule has 1 atom stereocenters. The van der Waals surface area contributed by atoms with Gasteiger partial charge < -0.3 is 10.1 Å². The van der Waals surface area contributed by atoms with E-state index in [1.165, 1.54) is 0 Å². The topological polar surface area (TPSA) is 89.4 Å². The molecular weight excluding hydrogens is 331 g/mol. The van der Waals surface area contributed by atoms with E-state index in [4.69, 9.17) is 0 Å². The lowest BCUT2D eigenvalue weighted by atomic mass is 10.1. The molecule has 8 nitrogen and oxygen atoms in total. The number of urea groups is 1. The van der Waals surface area contributed by atoms with Crippen LogP contribution in [0.4, 0.5) is 18.0 Å². The monoisotopic (exact) mass is 349 g/mol. The Kier molecular flexibility index (Phi) is 5.42. The SMILES string of the molecule is CC(C)n1cc(C[C@H]2NC(=O)N(CCOCC(F)(F)F)C2=O)nn1. The predicted octanol–water partition coefficient (Wildman–Crippen LogP) is 0.901. The predicted molar refractivity (Wildman–Crippen MR) is 75.0 cm³/mol. The van der Waals surface area contributed by atoms with Crippen molar-refractivity contribution in [2.45, 2.75) is 38.5 Å². The lowest BCUT2D eigenvalue weighted by Crippen LogP contribution is -2.35. The Labute approximate surface area is 135 Å². The van der Waals surface area contributed by atoms with E-state index in [9.17, 15) is 22.8 Å². The third-order valence-corrected chi connectivity index (χ3v) is 3.33. The quantitative estimate of drug-likeness (QED) is 0.584. The van der Waals surface area contributed by atoms with Gasteiger partial charge in [-0.15, -0.1) is 5.10 Å². The molecule has 11 heteroatoms. The van der Waals surface area contributed by atoms with Crippen molar-refractivity contribution in [3.8, 4) is 0 Å². The van der Waals surface area contributed by atoms with Gasteiger partial charge in [0.15, 0.2) is 0 Å². The molecule has 0 spiro atoms. The summed E-state index contributed by atoms with van der Waals surface area (Å²) in [4.78, 5) is 24.8. The molecule has 1 N–H and O–H groups in total. The van der Waals surface area contributed by atoms with Gasteiger partial charge in [0.05, 0.1) is 18.8 Å². The summed E-state index contributed by atoms with van der Waals surface area (Å²) < 4.78 is 42.0. The van der Waals surface area contributed by atoms with Crippen LogP contribution in [0, 0.1) is 0 Å². The molecule has 0 saturated carbocycles. The number of hydrogen-bond donors (Lipinski definition) is 1. The zero-order valence-electron chi connectivity index (χ0n) is 13.2. The molecule has 134 valence electrons. The number of ether oxygens (including phenoxy) is 1. The van der Waals surface area contributed by atoms with Gasteiger partial charge in [0, 0.05) is 18.7 Å². The van der Waals surface area contributed by atoms with Crippen LogP contribution in [0.15, 0.2) is 6.20 Å². The Bertz CT molecular complexity index is 602. The first kappa shape index (κ1) is 18.2. The average molecular weight is 349 g/mol. The summed E-state index contributed by atoms with van der Waals surface area (Å²) in [5.41, 5.74) is 0.539. The van der Waals surface area contributed by atoms with E-state index in [1.54, 1.807) is 10.9 Å². The highest BCUT2D eigenvalue weighted by molar-refractivity contribution is 6.04. The summed E-state index contributed by atoms with van der Waals surface area (Å²) in [6, 6.07) is -1.35. The zero-order valence-corrected chi connectivity index (χ0v) is 13.2. The smallest absolute Gasteiger partial charge is 0.370 e. The number of imide groups is 1. The lowest BCUT2D eigenvalue weighted by molar-refractivity contribution is -0.174. The van der Waals surface area contributed by atoms with Crippen molar-refractivity contribution in [1.82, 2.24) is 25.2 Å². The van der Waals surface area contributed by atoms with Crippen molar-refractivity contribution in [3.05, 3.63) is 11.9 Å². The summed E-state index contributed by atoms with van der Waals surface area (Å²) in [7, 11) is 0. The number of nitrogens with zero attached hydrogens (tertiary/aromatic N) is 4. The highest BCUT2D eigenvalue weighted by Gasteiger charge is 2.38. The third-order valence-electron chi connectivity index (χ3n) is 3.33. The maximum atomic E-state index is 12.2. The molecule has 24 heavy (non-hydrogen) atoms. The van der Waals surface area contributed by atoms with Crippen LogP contribution in [0.1, 0.15) is 25.6 Å². The van der Waals surface area contributed by atoms with Crippen molar-refractivity contribution in [2.75, 3.05) is 19.8 Å². The first-order valence-corrected chi connectivity index (χ1v) is 7.34. The van der Waals surface area contributed by atoms with E-state index in [2.05, 4.69) is 20.4 Å². The van der Waals surface area contributed by atoms with Crippen molar-refractivity contribution >= 4 is 11.9 Å². The summed E-state index contributed by atoms with van der Waals surface area (Å²) in [5.74, 6) is -0.519. The number of alkyl halides is 3. The summed E-state index contributed by atoms with van der Waals surface area (Å²) >= 11 is 0. The second-order valence-electron chi connectivity index (χ2n) is 5.65. The van der Waals surface area contributed by atoms with Crippen molar-refractivity contribution in [3.63, 3.8) is 0 Å². The Morgan fingerprint density at radius 2 is 2.08 bits per heavy atom. The van der Waals surface area contributed by atoms with Crippen LogP contribution in [-0.2, 0) is 16.0 Å². The second kappa shape index (κ2) is 7.16. The Balaban J connectivity index is 1.86. The van der Waals surface area contributed by atoms with Gasteiger partial charge in [-0.3, -0.25) is 9.69 Å². The molecule has 1 aliphatic rings. The fourth-order valence-corrected chi connectivity index (χ4v) is 2.14. The summed E-state index contributed by atoms with van der Waals surface area (Å²) in [5, 5.41) is 10.3. The second-order valence-corrected chi connectivity index (χ2v) is 5.65. The highest BCUT2D eigenvalue weighted by Crippen LogP contribution is 2.15. The van der Waals surface area contributed by atoms with E-state index in [0.717, 1.165) is 4.90 Å². The van der Waals surface area contributed by atoms with Gasteiger partial charge in [0.25, 0.3) is 5.91 Å². The van der Waals surface area contributed by atoms with Crippen LogP contribution in [0.2, 0.25) is 0 Å². The zero-order chi connectivity index (χ0) is 17.9. The molecule has 1 aromatic heterocycles. The van der Waals surface area contributed by atoms with Gasteiger partial charge in [0.2, 0.25) is 0 Å². The molecule has 1 aromatic rings. The lowest BCUT2D eigenvalue weighted by Gasteiger charge is -2.13. The van der Waals surface area contributed by atoms with E-state index in [0.29, 0.717) is 5.69 Å². The maximum absolute atomic E-state index is 12.2. The fourth-order valence-electron chi connectivity index (χ4n) is 2.14. The third kappa shape index (κ3) is 4.66. The largest absolute Gasteiger partial charge is 0.411 e. The summed E-state index contributed by atoms with van der Waals surface area (Å²) in [6.07, 6.45) is -2.60. The molecule has 2 heterocycles. The molecule has 1 saturated heterocycles. The minimum Gasteiger partial charge on any atom is -0.370 e. The number of amides is 3. The van der Waals surface area contributed by atoms with Crippen molar-refractivity contribution < 1.29 is 27.5 Å². The van der Waals surface area contributed by atoms with Crippen LogP contribution >= 0.6 is 0 Å². The normalized spacial score (nSPS) is 18.6. The molecule has 3 amide bonds. The molecule has 2 rings (SSSR count). The van der Waals surface area contributed by atoms with Crippen LogP contribution in [0.5, 0.6) is 0 Å². The molecule has 0 aliphatic carbocycles. The van der Waals surface area contributed by atoms with Gasteiger partial charge in [-0.1, -0.05) is 5.21 Å². The van der Waals surface area contributed by atoms with E-state index < -0.39 is 30.8 Å². The van der Waals surface area contributed by atoms with Gasteiger partial charge in [-0.2, -0.15) is 13.2 Å². The molecule has 0 unspecified atom stereocenters. The van der Waals surface area contributed by atoms with Crippen LogP contribution in [0.25, 0.3) is 0 Å². The Hall–Kier alpha value is -2.17. The number of aromatic nitrogens is 3. The fraction of sp³-hybridized carbons (Fsp3) is 0.692. The first-order chi connectivity index (χ1) is 11.2. The molecule has 1 aliphatic heterocycles. The van der Waals surface area contributed by atoms with E-state index in [1.807, 2.05) is 13.8 Å². The van der Waals surface area contributed by atoms with Crippen LogP contribution < -0.4 is 5.32 Å². The molecule has 0 bridgehead atoms. The van der Waals surface area contributed by atoms with Crippen molar-refractivity contribution in [2.24, 2.45) is 0 Å². The van der Waals surface area contributed by atoms with Crippen LogP contribution in [-0.4, -0.2) is 63.8 Å². The minimum atomic E-state index is -4.44. The maximum Gasteiger partial charge on any atom is 0.411 e. The van der Waals surface area contributed by atoms with E-state index >= 15 is 0 Å². The highest BCUT2D eigenvalue weighted by atomic mass is 19.4.